The minimum Gasteiger partial charge on any atom is -0.397 e. The Hall–Kier alpha value is -1.71. The van der Waals surface area contributed by atoms with Crippen LogP contribution < -0.4 is 16.0 Å². The van der Waals surface area contributed by atoms with Crippen molar-refractivity contribution in [3.8, 4) is 0 Å². The maximum Gasteiger partial charge on any atom is 0.226 e. The molecule has 1 atom stereocenters. The Labute approximate surface area is 127 Å². The summed E-state index contributed by atoms with van der Waals surface area (Å²) in [6.45, 7) is 9.19. The molecule has 0 saturated carbocycles. The smallest absolute Gasteiger partial charge is 0.226 e. The van der Waals surface area contributed by atoms with E-state index in [2.05, 4.69) is 24.1 Å². The van der Waals surface area contributed by atoms with E-state index in [0.29, 0.717) is 11.7 Å². The standard InChI is InChI=1S/C17H27N3O/c1-11(2)17(21)19-15-10-16(12(3)9-14(15)18)20-8-6-5-7-13(20)4/h9-11,13H,5-8,18H2,1-4H3,(H,19,21)/t13-/m1/s1. The first kappa shape index (κ1) is 15.7. The molecule has 1 aromatic rings. The monoisotopic (exact) mass is 289 g/mol. The van der Waals surface area contributed by atoms with E-state index in [9.17, 15) is 4.79 Å². The van der Waals surface area contributed by atoms with E-state index in [0.717, 1.165) is 12.2 Å². The summed E-state index contributed by atoms with van der Waals surface area (Å²) in [5, 5.41) is 2.94. The van der Waals surface area contributed by atoms with Crippen LogP contribution in [0, 0.1) is 12.8 Å². The maximum absolute atomic E-state index is 11.9. The van der Waals surface area contributed by atoms with Crippen LogP contribution in [0.5, 0.6) is 0 Å². The van der Waals surface area contributed by atoms with E-state index in [1.165, 1.54) is 30.5 Å². The zero-order valence-electron chi connectivity index (χ0n) is 13.6. The van der Waals surface area contributed by atoms with Crippen molar-refractivity contribution in [3.63, 3.8) is 0 Å². The third-order valence-corrected chi connectivity index (χ3v) is 4.26. The molecule has 4 nitrogen and oxygen atoms in total. The molecule has 21 heavy (non-hydrogen) atoms. The van der Waals surface area contributed by atoms with Gasteiger partial charge in [0.25, 0.3) is 0 Å². The lowest BCUT2D eigenvalue weighted by atomic mass is 10.0. The molecule has 2 rings (SSSR count). The SMILES string of the molecule is Cc1cc(N)c(NC(=O)C(C)C)cc1N1CCCC[C@H]1C. The summed E-state index contributed by atoms with van der Waals surface area (Å²) in [5.74, 6) is -0.0498. The highest BCUT2D eigenvalue weighted by Gasteiger charge is 2.21. The second-order valence-electron chi connectivity index (χ2n) is 6.41. The predicted octanol–water partition coefficient (Wildman–Crippen LogP) is 3.55. The lowest BCUT2D eigenvalue weighted by molar-refractivity contribution is -0.118. The summed E-state index contributed by atoms with van der Waals surface area (Å²) in [5.41, 5.74) is 9.79. The summed E-state index contributed by atoms with van der Waals surface area (Å²) in [6.07, 6.45) is 3.74. The Morgan fingerprint density at radius 3 is 2.71 bits per heavy atom. The van der Waals surface area contributed by atoms with Crippen molar-refractivity contribution in [2.45, 2.75) is 53.0 Å². The molecule has 4 heteroatoms. The van der Waals surface area contributed by atoms with E-state index >= 15 is 0 Å². The van der Waals surface area contributed by atoms with Gasteiger partial charge < -0.3 is 16.0 Å². The van der Waals surface area contributed by atoms with Crippen molar-refractivity contribution in [3.05, 3.63) is 17.7 Å². The van der Waals surface area contributed by atoms with Crippen molar-refractivity contribution < 1.29 is 4.79 Å². The first-order chi connectivity index (χ1) is 9.90. The first-order valence-corrected chi connectivity index (χ1v) is 7.87. The number of carbonyl (C=O) groups is 1. The van der Waals surface area contributed by atoms with Crippen LogP contribution in [0.2, 0.25) is 0 Å². The second-order valence-corrected chi connectivity index (χ2v) is 6.41. The third-order valence-electron chi connectivity index (χ3n) is 4.26. The van der Waals surface area contributed by atoms with E-state index < -0.39 is 0 Å². The van der Waals surface area contributed by atoms with E-state index in [-0.39, 0.29) is 11.8 Å². The highest BCUT2D eigenvalue weighted by Crippen LogP contribution is 2.33. The zero-order valence-corrected chi connectivity index (χ0v) is 13.6. The summed E-state index contributed by atoms with van der Waals surface area (Å²) in [4.78, 5) is 14.4. The molecule has 0 radical (unpaired) electrons. The van der Waals surface area contributed by atoms with Crippen molar-refractivity contribution >= 4 is 23.0 Å². The van der Waals surface area contributed by atoms with Gasteiger partial charge in [-0.2, -0.15) is 0 Å². The van der Waals surface area contributed by atoms with Crippen LogP contribution in [-0.4, -0.2) is 18.5 Å². The molecule has 1 amide bonds. The Morgan fingerprint density at radius 1 is 1.38 bits per heavy atom. The Bertz CT molecular complexity index is 525. The highest BCUT2D eigenvalue weighted by molar-refractivity contribution is 5.96. The van der Waals surface area contributed by atoms with Gasteiger partial charge in [-0.25, -0.2) is 0 Å². The molecular weight excluding hydrogens is 262 g/mol. The van der Waals surface area contributed by atoms with Gasteiger partial charge in [-0.1, -0.05) is 13.8 Å². The Morgan fingerprint density at radius 2 is 2.10 bits per heavy atom. The van der Waals surface area contributed by atoms with Crippen LogP contribution >= 0.6 is 0 Å². The predicted molar refractivity (Wildman–Crippen MR) is 89.7 cm³/mol. The summed E-state index contributed by atoms with van der Waals surface area (Å²) in [6, 6.07) is 4.54. The number of nitrogens with one attached hydrogen (secondary N) is 1. The first-order valence-electron chi connectivity index (χ1n) is 7.87. The molecule has 0 spiro atoms. The van der Waals surface area contributed by atoms with Crippen molar-refractivity contribution in [1.29, 1.82) is 0 Å². The van der Waals surface area contributed by atoms with Gasteiger partial charge in [0.2, 0.25) is 5.91 Å². The number of benzene rings is 1. The molecule has 116 valence electrons. The molecule has 0 unspecified atom stereocenters. The van der Waals surface area contributed by atoms with Gasteiger partial charge >= 0.3 is 0 Å². The normalized spacial score (nSPS) is 18.9. The van der Waals surface area contributed by atoms with Crippen LogP contribution in [-0.2, 0) is 4.79 Å². The fourth-order valence-electron chi connectivity index (χ4n) is 2.87. The lowest BCUT2D eigenvalue weighted by Gasteiger charge is -2.36. The van der Waals surface area contributed by atoms with Crippen molar-refractivity contribution in [1.82, 2.24) is 0 Å². The minimum absolute atomic E-state index is 0.00296. The number of hydrogen-bond donors (Lipinski definition) is 2. The largest absolute Gasteiger partial charge is 0.397 e. The Kier molecular flexibility index (Phi) is 4.76. The van der Waals surface area contributed by atoms with Gasteiger partial charge in [-0.05, 0) is 50.8 Å². The van der Waals surface area contributed by atoms with Gasteiger partial charge in [-0.15, -0.1) is 0 Å². The van der Waals surface area contributed by atoms with Crippen LogP contribution in [0.25, 0.3) is 0 Å². The van der Waals surface area contributed by atoms with Crippen LogP contribution in [0.4, 0.5) is 17.1 Å². The number of piperidine rings is 1. The Balaban J connectivity index is 2.31. The number of aryl methyl sites for hydroxylation is 1. The number of anilines is 3. The van der Waals surface area contributed by atoms with Crippen LogP contribution in [0.1, 0.15) is 45.6 Å². The van der Waals surface area contributed by atoms with Gasteiger partial charge in [0.15, 0.2) is 0 Å². The van der Waals surface area contributed by atoms with Gasteiger partial charge in [0.05, 0.1) is 11.4 Å². The van der Waals surface area contributed by atoms with Crippen LogP contribution in [0.15, 0.2) is 12.1 Å². The molecule has 3 N–H and O–H groups in total. The van der Waals surface area contributed by atoms with Crippen molar-refractivity contribution in [2.24, 2.45) is 5.92 Å². The van der Waals surface area contributed by atoms with E-state index in [1.807, 2.05) is 26.0 Å². The molecule has 1 aliphatic rings. The molecule has 1 heterocycles. The molecule has 0 aliphatic carbocycles. The zero-order chi connectivity index (χ0) is 15.6. The number of nitrogens with zero attached hydrogens (tertiary/aromatic N) is 1. The number of amides is 1. The number of carbonyl (C=O) groups excluding carboxylic acids is 1. The topological polar surface area (TPSA) is 58.4 Å². The molecule has 1 aliphatic heterocycles. The molecule has 1 fully saturated rings. The van der Waals surface area contributed by atoms with Crippen molar-refractivity contribution in [2.75, 3.05) is 22.5 Å². The van der Waals surface area contributed by atoms with Gasteiger partial charge in [0.1, 0.15) is 0 Å². The summed E-state index contributed by atoms with van der Waals surface area (Å²) in [7, 11) is 0. The number of nitrogen functional groups attached to an aromatic ring is 1. The summed E-state index contributed by atoms with van der Waals surface area (Å²) < 4.78 is 0. The number of nitrogens with two attached hydrogens (primary N) is 1. The fraction of sp³-hybridized carbons (Fsp3) is 0.588. The van der Waals surface area contributed by atoms with Gasteiger partial charge in [-0.3, -0.25) is 4.79 Å². The minimum atomic E-state index is -0.0527. The fourth-order valence-corrected chi connectivity index (χ4v) is 2.87. The quantitative estimate of drug-likeness (QED) is 0.837. The summed E-state index contributed by atoms with van der Waals surface area (Å²) >= 11 is 0. The van der Waals surface area contributed by atoms with E-state index in [1.54, 1.807) is 0 Å². The molecule has 0 aromatic heterocycles. The highest BCUT2D eigenvalue weighted by atomic mass is 16.1. The third kappa shape index (κ3) is 3.49. The van der Waals surface area contributed by atoms with Crippen LogP contribution in [0.3, 0.4) is 0 Å². The molecule has 1 saturated heterocycles. The average Bonchev–Trinajstić information content (AvgIpc) is 2.42. The average molecular weight is 289 g/mol. The maximum atomic E-state index is 11.9. The number of hydrogen-bond acceptors (Lipinski definition) is 3. The van der Waals surface area contributed by atoms with Gasteiger partial charge in [0, 0.05) is 24.2 Å². The number of rotatable bonds is 3. The lowest BCUT2D eigenvalue weighted by Crippen LogP contribution is -2.38. The molecular formula is C17H27N3O. The molecule has 1 aromatic carbocycles. The van der Waals surface area contributed by atoms with E-state index in [4.69, 9.17) is 5.73 Å². The second kappa shape index (κ2) is 6.37. The molecule has 0 bridgehead atoms.